The topological polar surface area (TPSA) is 3.24 Å². The molecule has 6 aromatic rings. The summed E-state index contributed by atoms with van der Waals surface area (Å²) in [4.78, 5) is 2.57. The van der Waals surface area contributed by atoms with Crippen molar-refractivity contribution in [2.24, 2.45) is 23.7 Å². The lowest BCUT2D eigenvalue weighted by Gasteiger charge is -2.50. The van der Waals surface area contributed by atoms with Crippen LogP contribution in [0.5, 0.6) is 0 Å². The molecule has 1 unspecified atom stereocenters. The lowest BCUT2D eigenvalue weighted by molar-refractivity contribution is 0.0822. The number of rotatable bonds is 4. The van der Waals surface area contributed by atoms with E-state index in [9.17, 15) is 0 Å². The van der Waals surface area contributed by atoms with E-state index in [0.717, 1.165) is 23.7 Å². The predicted molar refractivity (Wildman–Crippen MR) is 225 cm³/mol. The molecule has 0 saturated heterocycles. The lowest BCUT2D eigenvalue weighted by Crippen LogP contribution is -2.46. The number of benzene rings is 6. The molecular formula is C53H51N. The van der Waals surface area contributed by atoms with Crippen LogP contribution in [0.2, 0.25) is 0 Å². The van der Waals surface area contributed by atoms with E-state index in [0.29, 0.717) is 5.92 Å². The van der Waals surface area contributed by atoms with Gasteiger partial charge in [0.25, 0.3) is 0 Å². The molecule has 1 spiro atoms. The molecule has 0 heterocycles. The molecule has 5 aliphatic carbocycles. The number of anilines is 3. The highest BCUT2D eigenvalue weighted by atomic mass is 15.1. The summed E-state index contributed by atoms with van der Waals surface area (Å²) in [5, 5.41) is 0. The van der Waals surface area contributed by atoms with Gasteiger partial charge in [-0.2, -0.15) is 0 Å². The Morgan fingerprint density at radius 3 is 1.83 bits per heavy atom. The van der Waals surface area contributed by atoms with Crippen LogP contribution in [0.3, 0.4) is 0 Å². The molecule has 3 fully saturated rings. The number of hydrogen-bond acceptors (Lipinski definition) is 1. The van der Waals surface area contributed by atoms with E-state index in [1.165, 1.54) is 81.7 Å². The molecule has 0 aliphatic heterocycles. The van der Waals surface area contributed by atoms with E-state index in [1.807, 2.05) is 0 Å². The molecule has 268 valence electrons. The second-order valence-electron chi connectivity index (χ2n) is 18.7. The van der Waals surface area contributed by atoms with Gasteiger partial charge in [-0.1, -0.05) is 138 Å². The molecule has 5 aliphatic rings. The maximum absolute atomic E-state index is 2.67. The predicted octanol–water partition coefficient (Wildman–Crippen LogP) is 13.9. The SMILES string of the molecule is CC1C[C@H]2CC3C[C@H](C1)C21c2ccccc2C(C)(C)c2ccc(N(c4cccc(-c5ccccc5)c4)c4ccc5c(c4)C(C)(C)c4ccccc4-5)cc2C31. The molecule has 3 saturated carbocycles. The van der Waals surface area contributed by atoms with Gasteiger partial charge in [-0.15, -0.1) is 0 Å². The highest BCUT2D eigenvalue weighted by Gasteiger charge is 2.68. The van der Waals surface area contributed by atoms with Gasteiger partial charge in [0.15, 0.2) is 0 Å². The quantitative estimate of drug-likeness (QED) is 0.177. The Labute approximate surface area is 322 Å². The summed E-state index contributed by atoms with van der Waals surface area (Å²) in [6.45, 7) is 12.4. The Morgan fingerprint density at radius 1 is 0.463 bits per heavy atom. The summed E-state index contributed by atoms with van der Waals surface area (Å²) in [6, 6.07) is 53.7. The lowest BCUT2D eigenvalue weighted by atomic mass is 9.53. The third kappa shape index (κ3) is 4.27. The summed E-state index contributed by atoms with van der Waals surface area (Å²) < 4.78 is 0. The fourth-order valence-electron chi connectivity index (χ4n) is 13.3. The third-order valence-corrected chi connectivity index (χ3v) is 15.3. The number of hydrogen-bond donors (Lipinski definition) is 0. The van der Waals surface area contributed by atoms with Gasteiger partial charge >= 0.3 is 0 Å². The van der Waals surface area contributed by atoms with Crippen LogP contribution < -0.4 is 4.90 Å². The standard InChI is InChI=1S/C53H51N/c1-33-26-37-28-36-29-38(27-33)53(37)48-21-12-11-20-47(48)51(2,3)46-25-23-40(31-44(46)50(36)53)54(39-17-13-16-35(30-39)34-14-7-6-8-15-34)41-22-24-43-42-18-9-10-19-45(42)52(4,5)49(43)32-41/h6-25,30-33,36-38,50H,26-29H2,1-5H3/t33?,36?,37-,38-,50?,53?/m0/s1. The van der Waals surface area contributed by atoms with Gasteiger partial charge in [0.1, 0.15) is 0 Å². The molecule has 0 aromatic heterocycles. The van der Waals surface area contributed by atoms with Crippen molar-refractivity contribution in [3.63, 3.8) is 0 Å². The van der Waals surface area contributed by atoms with Crippen molar-refractivity contribution in [1.29, 1.82) is 0 Å². The van der Waals surface area contributed by atoms with Gasteiger partial charge in [0, 0.05) is 33.3 Å². The van der Waals surface area contributed by atoms with Crippen LogP contribution in [0, 0.1) is 23.7 Å². The van der Waals surface area contributed by atoms with E-state index < -0.39 is 0 Å². The first kappa shape index (κ1) is 32.5. The fraction of sp³-hybridized carbons (Fsp3) is 0.321. The maximum Gasteiger partial charge on any atom is 0.0467 e. The van der Waals surface area contributed by atoms with Gasteiger partial charge in [0.2, 0.25) is 0 Å². The van der Waals surface area contributed by atoms with Crippen molar-refractivity contribution in [3.8, 4) is 22.3 Å². The molecule has 0 radical (unpaired) electrons. The zero-order valence-corrected chi connectivity index (χ0v) is 32.4. The van der Waals surface area contributed by atoms with Crippen LogP contribution in [0.1, 0.15) is 99.6 Å². The van der Waals surface area contributed by atoms with Crippen molar-refractivity contribution in [2.45, 2.75) is 82.5 Å². The van der Waals surface area contributed by atoms with Crippen LogP contribution in [0.15, 0.2) is 140 Å². The van der Waals surface area contributed by atoms with E-state index in [-0.39, 0.29) is 16.2 Å². The fourth-order valence-corrected chi connectivity index (χ4v) is 13.3. The van der Waals surface area contributed by atoms with Crippen molar-refractivity contribution < 1.29 is 0 Å². The van der Waals surface area contributed by atoms with E-state index >= 15 is 0 Å². The van der Waals surface area contributed by atoms with Gasteiger partial charge in [0.05, 0.1) is 0 Å². The van der Waals surface area contributed by atoms with Crippen molar-refractivity contribution >= 4 is 17.1 Å². The van der Waals surface area contributed by atoms with Crippen molar-refractivity contribution in [2.75, 3.05) is 4.90 Å². The zero-order valence-electron chi connectivity index (χ0n) is 32.4. The maximum atomic E-state index is 2.67. The molecule has 54 heavy (non-hydrogen) atoms. The monoisotopic (exact) mass is 701 g/mol. The minimum atomic E-state index is -0.0783. The van der Waals surface area contributed by atoms with Crippen LogP contribution >= 0.6 is 0 Å². The Hall–Kier alpha value is -4.88. The van der Waals surface area contributed by atoms with Crippen LogP contribution in [0.4, 0.5) is 17.1 Å². The van der Waals surface area contributed by atoms with E-state index in [4.69, 9.17) is 0 Å². The highest BCUT2D eigenvalue weighted by molar-refractivity contribution is 5.86. The first-order chi connectivity index (χ1) is 26.2. The third-order valence-electron chi connectivity index (χ3n) is 15.3. The van der Waals surface area contributed by atoms with Gasteiger partial charge in [-0.05, 0) is 147 Å². The molecule has 1 heteroatoms. The minimum absolute atomic E-state index is 0.0760. The number of nitrogens with zero attached hydrogens (tertiary/aromatic N) is 1. The summed E-state index contributed by atoms with van der Waals surface area (Å²) in [5.74, 6) is 3.66. The van der Waals surface area contributed by atoms with Crippen LogP contribution in [-0.2, 0) is 16.2 Å². The molecule has 0 amide bonds. The first-order valence-electron chi connectivity index (χ1n) is 20.6. The largest absolute Gasteiger partial charge is 0.310 e. The van der Waals surface area contributed by atoms with Crippen LogP contribution in [0.25, 0.3) is 22.3 Å². The Morgan fingerprint density at radius 2 is 1.06 bits per heavy atom. The smallest absolute Gasteiger partial charge is 0.0467 e. The average Bonchev–Trinajstić information content (AvgIpc) is 3.75. The zero-order chi connectivity index (χ0) is 36.6. The average molecular weight is 702 g/mol. The van der Waals surface area contributed by atoms with E-state index in [2.05, 4.69) is 179 Å². The minimum Gasteiger partial charge on any atom is -0.310 e. The number of fused-ring (bicyclic) bond motifs is 5. The first-order valence-corrected chi connectivity index (χ1v) is 20.6. The summed E-state index contributed by atoms with van der Waals surface area (Å²) in [5.41, 5.74) is 18.3. The van der Waals surface area contributed by atoms with Crippen molar-refractivity contribution in [1.82, 2.24) is 0 Å². The Balaban J connectivity index is 1.14. The molecule has 2 bridgehead atoms. The van der Waals surface area contributed by atoms with Gasteiger partial charge in [-0.25, -0.2) is 0 Å². The molecule has 11 rings (SSSR count). The normalized spacial score (nSPS) is 27.2. The molecular weight excluding hydrogens is 651 g/mol. The van der Waals surface area contributed by atoms with Crippen molar-refractivity contribution in [3.05, 3.63) is 173 Å². The Kier molecular flexibility index (Phi) is 6.83. The molecule has 0 N–H and O–H groups in total. The molecule has 3 atom stereocenters. The summed E-state index contributed by atoms with van der Waals surface area (Å²) in [6.07, 6.45) is 5.51. The van der Waals surface area contributed by atoms with Gasteiger partial charge in [-0.3, -0.25) is 0 Å². The van der Waals surface area contributed by atoms with E-state index in [1.54, 1.807) is 16.7 Å². The second kappa shape index (κ2) is 11.3. The molecule has 6 aromatic carbocycles. The molecule has 1 nitrogen and oxygen atoms in total. The summed E-state index contributed by atoms with van der Waals surface area (Å²) >= 11 is 0. The van der Waals surface area contributed by atoms with Crippen LogP contribution in [-0.4, -0.2) is 0 Å². The second-order valence-corrected chi connectivity index (χ2v) is 18.7. The van der Waals surface area contributed by atoms with Gasteiger partial charge < -0.3 is 4.90 Å². The summed E-state index contributed by atoms with van der Waals surface area (Å²) in [7, 11) is 0. The highest BCUT2D eigenvalue weighted by Crippen LogP contribution is 2.75. The Bertz CT molecular complexity index is 2450.